The predicted octanol–water partition coefficient (Wildman–Crippen LogP) is 19.6. The number of halogens is 2. The Labute approximate surface area is 445 Å². The second kappa shape index (κ2) is 28.7. The molecule has 8 rings (SSSR count). The predicted molar refractivity (Wildman–Crippen MR) is 302 cm³/mol. The molecule has 0 bridgehead atoms. The summed E-state index contributed by atoms with van der Waals surface area (Å²) >= 11 is 2.90. The van der Waals surface area contributed by atoms with Gasteiger partial charge in [0.2, 0.25) is 0 Å². The van der Waals surface area contributed by atoms with E-state index in [1.807, 2.05) is 0 Å². The fourth-order valence-electron chi connectivity index (χ4n) is 8.46. The summed E-state index contributed by atoms with van der Waals surface area (Å²) in [5, 5.41) is 11.5. The first kappa shape index (κ1) is 62.1. The van der Waals surface area contributed by atoms with Crippen LogP contribution in [0, 0.1) is 55.4 Å². The van der Waals surface area contributed by atoms with E-state index in [2.05, 4.69) is 234 Å². The van der Waals surface area contributed by atoms with Crippen LogP contribution in [0.5, 0.6) is 0 Å². The summed E-state index contributed by atoms with van der Waals surface area (Å²) in [6, 6.07) is 36.4. The molecule has 0 aliphatic carbocycles. The minimum Gasteiger partial charge on any atom is -0.165 e. The Bertz CT molecular complexity index is 2420. The number of benzene rings is 4. The van der Waals surface area contributed by atoms with Crippen LogP contribution in [0.15, 0.2) is 97.1 Å². The molecule has 0 saturated heterocycles. The third-order valence-corrected chi connectivity index (χ3v) is 11.6. The van der Waals surface area contributed by atoms with Gasteiger partial charge in [0.25, 0.3) is 0 Å². The molecule has 0 aromatic heterocycles. The van der Waals surface area contributed by atoms with Gasteiger partial charge in [0, 0.05) is 0 Å². The van der Waals surface area contributed by atoms with Crippen molar-refractivity contribution in [3.63, 3.8) is 0 Å². The van der Waals surface area contributed by atoms with Gasteiger partial charge in [-0.15, -0.1) is 161 Å². The molecule has 0 aliphatic rings. The van der Waals surface area contributed by atoms with E-state index < -0.39 is 0 Å². The Morgan fingerprint density at radius 1 is 0.333 bits per heavy atom. The van der Waals surface area contributed by atoms with Crippen LogP contribution in [0.4, 0.5) is 0 Å². The van der Waals surface area contributed by atoms with Gasteiger partial charge in [-0.3, -0.25) is 0 Å². The average molecular weight is 1290 g/mol. The van der Waals surface area contributed by atoms with Gasteiger partial charge in [0.05, 0.1) is 0 Å². The van der Waals surface area contributed by atoms with E-state index in [0.29, 0.717) is 23.7 Å². The number of aryl methyl sites for hydroxylation is 8. The van der Waals surface area contributed by atoms with Crippen molar-refractivity contribution in [1.29, 1.82) is 0 Å². The van der Waals surface area contributed by atoms with E-state index in [-0.39, 0.29) is 35.8 Å². The van der Waals surface area contributed by atoms with E-state index in [1.165, 1.54) is 156 Å². The normalized spacial score (nSPS) is 10.6. The summed E-state index contributed by atoms with van der Waals surface area (Å²) in [4.78, 5) is 0. The van der Waals surface area contributed by atoms with Gasteiger partial charge in [-0.2, -0.15) is 24.3 Å². The monoisotopic (exact) mass is 1290 g/mol. The summed E-state index contributed by atoms with van der Waals surface area (Å²) in [7, 11) is 0. The minimum atomic E-state index is 0. The van der Waals surface area contributed by atoms with E-state index >= 15 is 0 Å². The van der Waals surface area contributed by atoms with Crippen molar-refractivity contribution in [2.75, 3.05) is 0 Å². The molecule has 352 valence electrons. The molecule has 0 N–H and O–H groups in total. The molecule has 0 fully saturated rings. The summed E-state index contributed by atoms with van der Waals surface area (Å²) in [5.74, 6) is 2.44. The SMILES string of the molecule is C[Si](C)=[Hf+2].C[Si](C)=[Hf+2].Cc1cc2c(C(C)C)ccc(C)c2[cH-]1.Cc1cc2c(C(C)C)ccc(C)c2[cH-]1.Cc1cc2c(C(C)C)ccc(C)c2[cH-]1.Cc1cc2c(C(C)C)ccc(C)c2[cH-]1.Cl.Cl. The topological polar surface area (TPSA) is 0 Å². The van der Waals surface area contributed by atoms with Crippen molar-refractivity contribution in [1.82, 2.24) is 0 Å². The average Bonchev–Trinajstić information content (AvgIpc) is 3.97. The fourth-order valence-corrected chi connectivity index (χ4v) is 8.46. The molecule has 8 aromatic carbocycles. The van der Waals surface area contributed by atoms with Crippen LogP contribution in [0.1, 0.15) is 146 Å². The molecule has 0 heterocycles. The van der Waals surface area contributed by atoms with Crippen LogP contribution in [0.2, 0.25) is 26.2 Å². The van der Waals surface area contributed by atoms with E-state index in [9.17, 15) is 0 Å². The minimum absolute atomic E-state index is 0. The molecular formula is C60H82Cl2Hf2Si2. The van der Waals surface area contributed by atoms with Crippen LogP contribution in [-0.4, -0.2) is 11.0 Å². The maximum atomic E-state index is 2.33. The van der Waals surface area contributed by atoms with Gasteiger partial charge >= 0.3 is 83.2 Å². The van der Waals surface area contributed by atoms with Crippen molar-refractivity contribution in [3.05, 3.63) is 164 Å². The van der Waals surface area contributed by atoms with Crippen LogP contribution in [0.25, 0.3) is 43.1 Å². The summed E-state index contributed by atoms with van der Waals surface area (Å²) < 4.78 is 0. The van der Waals surface area contributed by atoms with Crippen LogP contribution >= 0.6 is 24.8 Å². The van der Waals surface area contributed by atoms with Gasteiger partial charge in [0.1, 0.15) is 0 Å². The van der Waals surface area contributed by atoms with Crippen LogP contribution in [-0.2, 0) is 46.0 Å². The molecular weight excluding hydrogens is 1200 g/mol. The van der Waals surface area contributed by atoms with E-state index in [1.54, 1.807) is 0 Å². The van der Waals surface area contributed by atoms with Crippen molar-refractivity contribution in [2.24, 2.45) is 0 Å². The molecule has 0 radical (unpaired) electrons. The molecule has 8 aromatic rings. The Morgan fingerprint density at radius 2 is 0.485 bits per heavy atom. The van der Waals surface area contributed by atoms with Gasteiger partial charge in [0.15, 0.2) is 0 Å². The molecule has 66 heavy (non-hydrogen) atoms. The molecule has 0 spiro atoms. The third kappa shape index (κ3) is 17.8. The zero-order chi connectivity index (χ0) is 48.3. The first-order chi connectivity index (χ1) is 29.8. The van der Waals surface area contributed by atoms with Crippen molar-refractivity contribution in [2.45, 2.75) is 161 Å². The summed E-state index contributed by atoms with van der Waals surface area (Å²) in [6.07, 6.45) is 0. The van der Waals surface area contributed by atoms with Gasteiger partial charge in [-0.05, 0) is 23.7 Å². The molecule has 0 atom stereocenters. The van der Waals surface area contributed by atoms with Crippen LogP contribution < -0.4 is 0 Å². The maximum absolute atomic E-state index is 2.33. The zero-order valence-corrected chi connectivity index (χ0v) is 55.2. The smallest absolute Gasteiger partial charge is 0.0308 e. The fraction of sp³-hybridized carbons (Fsp3) is 0.400. The van der Waals surface area contributed by atoms with Crippen molar-refractivity contribution >= 4 is 78.9 Å². The first-order valence-electron chi connectivity index (χ1n) is 23.5. The Hall–Kier alpha value is -1.93. The quantitative estimate of drug-likeness (QED) is 0.122. The standard InChI is InChI=1S/4C14H17.2C2H6Si.2ClH.2Hf/c4*1-9(2)12-6-5-11(4)13-7-10(3)8-14(12)13;2*1-3-2;;;;/h4*5-9H,1-4H3;2*1-2H3;2*1H;;/q4*-1;;;;;2*+2. The molecule has 0 unspecified atom stereocenters. The summed E-state index contributed by atoms with van der Waals surface area (Å²) in [6.45, 7) is 44.8. The number of hydrogen-bond acceptors (Lipinski definition) is 0. The molecule has 0 saturated carbocycles. The first-order valence-corrected chi connectivity index (χ1v) is 39.3. The molecule has 0 amide bonds. The van der Waals surface area contributed by atoms with E-state index in [0.717, 1.165) is 0 Å². The maximum Gasteiger partial charge on any atom is -0.0308 e. The molecule has 6 heteroatoms. The molecule has 0 nitrogen and oxygen atoms in total. The van der Waals surface area contributed by atoms with E-state index in [4.69, 9.17) is 0 Å². The Morgan fingerprint density at radius 3 is 0.621 bits per heavy atom. The van der Waals surface area contributed by atoms with Crippen molar-refractivity contribution < 1.29 is 46.0 Å². The van der Waals surface area contributed by atoms with Crippen molar-refractivity contribution in [3.8, 4) is 0 Å². The summed E-state index contributed by atoms with van der Waals surface area (Å²) in [5.41, 5.74) is 17.4. The van der Waals surface area contributed by atoms with Crippen LogP contribution in [0.3, 0.4) is 0 Å². The largest absolute Gasteiger partial charge is 0.165 e. The molecule has 0 aliphatic heterocycles. The van der Waals surface area contributed by atoms with Gasteiger partial charge < -0.3 is 0 Å². The number of fused-ring (bicyclic) bond motifs is 4. The van der Waals surface area contributed by atoms with Gasteiger partial charge in [-0.1, -0.05) is 157 Å². The Balaban J connectivity index is 0.000000413. The third-order valence-electron chi connectivity index (χ3n) is 11.6. The second-order valence-electron chi connectivity index (χ2n) is 19.9. The Kier molecular flexibility index (Phi) is 27.0. The second-order valence-corrected chi connectivity index (χ2v) is 45.5. The zero-order valence-electron chi connectivity index (χ0n) is 44.4. The number of hydrogen-bond donors (Lipinski definition) is 0. The van der Waals surface area contributed by atoms with Gasteiger partial charge in [-0.25, -0.2) is 0 Å². The number of rotatable bonds is 4.